The van der Waals surface area contributed by atoms with Crippen molar-refractivity contribution in [1.29, 1.82) is 0 Å². The molecule has 0 spiro atoms. The number of ether oxygens (including phenoxy) is 2. The van der Waals surface area contributed by atoms with E-state index in [0.29, 0.717) is 24.5 Å². The molecule has 11 nitrogen and oxygen atoms in total. The van der Waals surface area contributed by atoms with Gasteiger partial charge in [-0.3, -0.25) is 4.79 Å². The van der Waals surface area contributed by atoms with E-state index in [1.165, 1.54) is 6.20 Å². The van der Waals surface area contributed by atoms with Gasteiger partial charge in [0.25, 0.3) is 0 Å². The van der Waals surface area contributed by atoms with Crippen molar-refractivity contribution in [1.82, 2.24) is 30.2 Å². The number of hydrogen-bond donors (Lipinski definition) is 2. The number of aliphatic hydroxyl groups is 1. The van der Waals surface area contributed by atoms with Crippen LogP contribution in [-0.4, -0.2) is 54.0 Å². The Morgan fingerprint density at radius 2 is 1.27 bits per heavy atom. The van der Waals surface area contributed by atoms with Crippen molar-refractivity contribution in [3.8, 4) is 22.5 Å². The molecule has 2 heterocycles. The topological polar surface area (TPSA) is 145 Å². The lowest BCUT2D eigenvalue weighted by molar-refractivity contribution is -0.161. The fraction of sp³-hybridized carbons (Fsp3) is 0.250. The Kier molecular flexibility index (Phi) is 11.4. The van der Waals surface area contributed by atoms with Crippen molar-refractivity contribution in [3.05, 3.63) is 178 Å². The molecule has 5 aromatic carbocycles. The minimum absolute atomic E-state index is 0.119. The van der Waals surface area contributed by atoms with E-state index in [0.717, 1.165) is 50.1 Å². The van der Waals surface area contributed by atoms with Gasteiger partial charge < -0.3 is 19.6 Å². The first kappa shape index (κ1) is 40.5. The minimum atomic E-state index is -1.25. The summed E-state index contributed by atoms with van der Waals surface area (Å²) in [5.41, 5.74) is 5.36. The van der Waals surface area contributed by atoms with Crippen LogP contribution in [0.25, 0.3) is 22.5 Å². The van der Waals surface area contributed by atoms with E-state index >= 15 is 0 Å². The molecule has 0 aliphatic carbocycles. The number of nitrogens with zero attached hydrogens (tertiary/aromatic N) is 5. The average molecular weight is 789 g/mol. The lowest BCUT2D eigenvalue weighted by Crippen LogP contribution is -2.39. The lowest BCUT2D eigenvalue weighted by atomic mass is 9.76. The van der Waals surface area contributed by atoms with Gasteiger partial charge >= 0.3 is 11.9 Å². The van der Waals surface area contributed by atoms with Crippen molar-refractivity contribution < 1.29 is 24.2 Å². The molecule has 11 heteroatoms. The Hall–Kier alpha value is -6.72. The number of nitrogens with one attached hydrogen (secondary N) is 1. The maximum Gasteiger partial charge on any atom is 0.359 e. The predicted octanol–water partition coefficient (Wildman–Crippen LogP) is 8.65. The molecule has 2 aromatic heterocycles. The highest BCUT2D eigenvalue weighted by molar-refractivity contribution is 5.87. The number of hydrogen-bond acceptors (Lipinski definition) is 9. The number of esters is 2. The Bertz CT molecular complexity index is 2460. The summed E-state index contributed by atoms with van der Waals surface area (Å²) in [5.74, 6) is -0.114. The minimum Gasteiger partial charge on any atom is -0.427 e. The summed E-state index contributed by atoms with van der Waals surface area (Å²) >= 11 is 0. The monoisotopic (exact) mass is 788 g/mol. The summed E-state index contributed by atoms with van der Waals surface area (Å²) in [4.78, 5) is 32.4. The van der Waals surface area contributed by atoms with E-state index in [1.807, 2.05) is 83.5 Å². The van der Waals surface area contributed by atoms with Crippen LogP contribution in [0.1, 0.15) is 91.2 Å². The number of carbonyl (C=O) groups excluding carboxylic acids is 2. The van der Waals surface area contributed by atoms with E-state index < -0.39 is 35.3 Å². The van der Waals surface area contributed by atoms with Gasteiger partial charge in [0.05, 0.1) is 17.2 Å². The third kappa shape index (κ3) is 8.06. The normalized spacial score (nSPS) is 12.0. The second kappa shape index (κ2) is 16.6. The summed E-state index contributed by atoms with van der Waals surface area (Å²) in [7, 11) is 0. The van der Waals surface area contributed by atoms with Crippen LogP contribution in [0, 0.1) is 5.41 Å². The molecular weight excluding hydrogens is 741 g/mol. The molecule has 59 heavy (non-hydrogen) atoms. The second-order valence-electron chi connectivity index (χ2n) is 16.0. The van der Waals surface area contributed by atoms with Gasteiger partial charge in [-0.2, -0.15) is 0 Å². The van der Waals surface area contributed by atoms with Gasteiger partial charge in [0.2, 0.25) is 6.79 Å². The van der Waals surface area contributed by atoms with E-state index in [4.69, 9.17) is 19.8 Å². The Balaban J connectivity index is 1.31. The number of H-pyrrole nitrogens is 1. The lowest BCUT2D eigenvalue weighted by Gasteiger charge is -2.36. The zero-order valence-corrected chi connectivity index (χ0v) is 34.1. The molecule has 0 bridgehead atoms. The zero-order valence-electron chi connectivity index (χ0n) is 34.1. The maximum absolute atomic E-state index is 12.8. The predicted molar refractivity (Wildman–Crippen MR) is 225 cm³/mol. The molecule has 0 unspecified atom stereocenters. The van der Waals surface area contributed by atoms with Gasteiger partial charge in [0.15, 0.2) is 5.82 Å². The zero-order chi connectivity index (χ0) is 41.8. The highest BCUT2D eigenvalue weighted by Crippen LogP contribution is 2.45. The summed E-state index contributed by atoms with van der Waals surface area (Å²) in [6, 6.07) is 43.0. The largest absolute Gasteiger partial charge is 0.427 e. The van der Waals surface area contributed by atoms with Crippen molar-refractivity contribution in [2.24, 2.45) is 5.41 Å². The van der Waals surface area contributed by atoms with Crippen molar-refractivity contribution in [2.75, 3.05) is 6.79 Å². The Morgan fingerprint density at radius 3 is 1.81 bits per heavy atom. The van der Waals surface area contributed by atoms with Gasteiger partial charge in [-0.25, -0.2) is 14.5 Å². The number of aromatic nitrogens is 6. The first-order chi connectivity index (χ1) is 28.3. The van der Waals surface area contributed by atoms with Crippen LogP contribution < -0.4 is 0 Å². The first-order valence-corrected chi connectivity index (χ1v) is 19.6. The quantitative estimate of drug-likeness (QED) is 0.0666. The molecule has 0 saturated heterocycles. The summed E-state index contributed by atoms with van der Waals surface area (Å²) in [6.07, 6.45) is 2.29. The molecule has 7 rings (SSSR count). The molecule has 0 aliphatic heterocycles. The fourth-order valence-electron chi connectivity index (χ4n) is 7.79. The van der Waals surface area contributed by atoms with Crippen LogP contribution in [0.2, 0.25) is 0 Å². The molecule has 0 radical (unpaired) electrons. The Labute approximate surface area is 344 Å². The molecule has 0 amide bonds. The number of aromatic amines is 1. The number of imidazole rings is 1. The molecule has 0 fully saturated rings. The van der Waals surface area contributed by atoms with Crippen LogP contribution in [0.4, 0.5) is 0 Å². The van der Waals surface area contributed by atoms with Crippen LogP contribution in [0.5, 0.6) is 0 Å². The summed E-state index contributed by atoms with van der Waals surface area (Å²) in [5, 5.41) is 25.7. The van der Waals surface area contributed by atoms with Gasteiger partial charge in [0, 0.05) is 12.0 Å². The fourth-order valence-corrected chi connectivity index (χ4v) is 7.79. The third-order valence-electron chi connectivity index (χ3n) is 10.4. The molecule has 0 aliphatic rings. The van der Waals surface area contributed by atoms with Crippen LogP contribution in [0.15, 0.2) is 134 Å². The van der Waals surface area contributed by atoms with Gasteiger partial charge in [-0.15, -0.1) is 5.10 Å². The van der Waals surface area contributed by atoms with Crippen LogP contribution >= 0.6 is 0 Å². The summed E-state index contributed by atoms with van der Waals surface area (Å²) in [6.45, 7) is 10.3. The number of tetrazole rings is 1. The smallest absolute Gasteiger partial charge is 0.359 e. The van der Waals surface area contributed by atoms with Crippen LogP contribution in [-0.2, 0) is 38.2 Å². The maximum atomic E-state index is 12.8. The highest BCUT2D eigenvalue weighted by Gasteiger charge is 2.42. The standard InChI is InChI=1S/C48H48N6O5/c1-7-36-38(28-27-32(42(36)47(5,6)57)29-41-49-30-40(50-41)44(55)58-31-59-45(56)46(2,3)4)37-25-17-18-26-39(37)43-51-52-53-54(43)48(33-19-11-8-12-20-33,34-21-13-9-14-22-34)35-23-15-10-16-24-35/h8-28,30,57H,7,29,31H2,1-6H3,(H,49,50). The second-order valence-corrected chi connectivity index (χ2v) is 16.0. The van der Waals surface area contributed by atoms with Crippen molar-refractivity contribution >= 4 is 11.9 Å². The number of carbonyl (C=O) groups is 2. The average Bonchev–Trinajstić information content (AvgIpc) is 3.92. The molecule has 0 saturated carbocycles. The van der Waals surface area contributed by atoms with E-state index in [9.17, 15) is 14.7 Å². The number of benzene rings is 5. The molecular formula is C48H48N6O5. The Morgan fingerprint density at radius 1 is 0.712 bits per heavy atom. The van der Waals surface area contributed by atoms with Gasteiger partial charge in [0.1, 0.15) is 17.1 Å². The van der Waals surface area contributed by atoms with E-state index in [2.05, 4.69) is 70.6 Å². The van der Waals surface area contributed by atoms with Gasteiger partial charge in [-0.1, -0.05) is 134 Å². The molecule has 2 N–H and O–H groups in total. The van der Waals surface area contributed by atoms with Gasteiger partial charge in [-0.05, 0) is 96.0 Å². The van der Waals surface area contributed by atoms with Crippen molar-refractivity contribution in [3.63, 3.8) is 0 Å². The first-order valence-electron chi connectivity index (χ1n) is 19.6. The van der Waals surface area contributed by atoms with Crippen LogP contribution in [0.3, 0.4) is 0 Å². The molecule has 0 atom stereocenters. The highest BCUT2D eigenvalue weighted by atomic mass is 16.7. The van der Waals surface area contributed by atoms with E-state index in [-0.39, 0.29) is 5.69 Å². The van der Waals surface area contributed by atoms with Crippen molar-refractivity contribution in [2.45, 2.75) is 65.5 Å². The number of rotatable bonds is 13. The van der Waals surface area contributed by atoms with E-state index in [1.54, 1.807) is 34.6 Å². The SMILES string of the molecule is CCc1c(-c2ccccc2-c2nnnn2C(c2ccccc2)(c2ccccc2)c2ccccc2)ccc(Cc2ncc(C(=O)OCOC(=O)C(C)(C)C)[nH]2)c1C(C)(C)O. The molecule has 300 valence electrons. The third-order valence-corrected chi connectivity index (χ3v) is 10.4. The molecule has 7 aromatic rings. The summed E-state index contributed by atoms with van der Waals surface area (Å²) < 4.78 is 12.2.